The van der Waals surface area contributed by atoms with Crippen LogP contribution in [0.5, 0.6) is 5.75 Å². The van der Waals surface area contributed by atoms with Gasteiger partial charge in [-0.2, -0.15) is 0 Å². The Labute approximate surface area is 93.0 Å². The summed E-state index contributed by atoms with van der Waals surface area (Å²) in [5.41, 5.74) is -0.342. The minimum Gasteiger partial charge on any atom is -0.507 e. The number of carbonyl (C=O) groups is 1. The lowest BCUT2D eigenvalue weighted by molar-refractivity contribution is 0.0864. The number of amides is 1. The largest absolute Gasteiger partial charge is 0.507 e. The molecule has 0 aliphatic carbocycles. The number of halogens is 1. The maximum atomic E-state index is 13.3. The van der Waals surface area contributed by atoms with Crippen LogP contribution in [0.15, 0.2) is 18.2 Å². The van der Waals surface area contributed by atoms with Crippen LogP contribution >= 0.6 is 0 Å². The SMILES string of the molecule is COC(C)CNC(=O)c1c(O)cccc1F. The summed E-state index contributed by atoms with van der Waals surface area (Å²) in [6.45, 7) is 2.02. The zero-order chi connectivity index (χ0) is 12.1. The van der Waals surface area contributed by atoms with E-state index in [0.29, 0.717) is 0 Å². The van der Waals surface area contributed by atoms with Crippen molar-refractivity contribution in [3.8, 4) is 5.75 Å². The summed E-state index contributed by atoms with van der Waals surface area (Å²) < 4.78 is 18.2. The molecular weight excluding hydrogens is 213 g/mol. The van der Waals surface area contributed by atoms with Gasteiger partial charge in [0.15, 0.2) is 0 Å². The van der Waals surface area contributed by atoms with Gasteiger partial charge in [-0.3, -0.25) is 4.79 Å². The van der Waals surface area contributed by atoms with Crippen LogP contribution in [0.2, 0.25) is 0 Å². The Morgan fingerprint density at radius 2 is 2.31 bits per heavy atom. The number of nitrogens with one attached hydrogen (secondary N) is 1. The number of rotatable bonds is 4. The van der Waals surface area contributed by atoms with Crippen molar-refractivity contribution < 1.29 is 19.0 Å². The van der Waals surface area contributed by atoms with Gasteiger partial charge in [0.1, 0.15) is 17.1 Å². The van der Waals surface area contributed by atoms with E-state index in [9.17, 15) is 14.3 Å². The Balaban J connectivity index is 2.73. The molecule has 0 fully saturated rings. The van der Waals surface area contributed by atoms with Crippen molar-refractivity contribution in [1.29, 1.82) is 0 Å². The summed E-state index contributed by atoms with van der Waals surface area (Å²) in [5, 5.41) is 11.8. The monoisotopic (exact) mass is 227 g/mol. The van der Waals surface area contributed by atoms with Gasteiger partial charge in [0.2, 0.25) is 0 Å². The van der Waals surface area contributed by atoms with Crippen LogP contribution in [0.3, 0.4) is 0 Å². The molecule has 16 heavy (non-hydrogen) atoms. The molecule has 1 amide bonds. The first-order chi connectivity index (χ1) is 7.56. The zero-order valence-electron chi connectivity index (χ0n) is 9.16. The van der Waals surface area contributed by atoms with Crippen molar-refractivity contribution in [2.24, 2.45) is 0 Å². The average Bonchev–Trinajstić information content (AvgIpc) is 2.25. The van der Waals surface area contributed by atoms with Crippen LogP contribution in [0, 0.1) is 5.82 Å². The Hall–Kier alpha value is -1.62. The van der Waals surface area contributed by atoms with E-state index in [4.69, 9.17) is 4.74 Å². The van der Waals surface area contributed by atoms with Gasteiger partial charge >= 0.3 is 0 Å². The lowest BCUT2D eigenvalue weighted by Gasteiger charge is -2.11. The van der Waals surface area contributed by atoms with E-state index in [1.165, 1.54) is 19.2 Å². The lowest BCUT2D eigenvalue weighted by Crippen LogP contribution is -2.32. The average molecular weight is 227 g/mol. The summed E-state index contributed by atoms with van der Waals surface area (Å²) in [6, 6.07) is 3.71. The van der Waals surface area contributed by atoms with E-state index in [2.05, 4.69) is 5.32 Å². The molecule has 4 nitrogen and oxygen atoms in total. The van der Waals surface area contributed by atoms with Gasteiger partial charge < -0.3 is 15.2 Å². The minimum absolute atomic E-state index is 0.169. The van der Waals surface area contributed by atoms with E-state index in [-0.39, 0.29) is 24.0 Å². The fourth-order valence-electron chi connectivity index (χ4n) is 1.15. The maximum absolute atomic E-state index is 13.3. The molecule has 0 spiro atoms. The van der Waals surface area contributed by atoms with E-state index in [0.717, 1.165) is 6.07 Å². The highest BCUT2D eigenvalue weighted by molar-refractivity contribution is 5.97. The van der Waals surface area contributed by atoms with Gasteiger partial charge in [0, 0.05) is 13.7 Å². The quantitative estimate of drug-likeness (QED) is 0.815. The van der Waals surface area contributed by atoms with Crippen LogP contribution in [0.1, 0.15) is 17.3 Å². The first kappa shape index (κ1) is 12.4. The first-order valence-corrected chi connectivity index (χ1v) is 4.84. The van der Waals surface area contributed by atoms with Gasteiger partial charge in [0.25, 0.3) is 5.91 Å². The molecule has 5 heteroatoms. The summed E-state index contributed by atoms with van der Waals surface area (Å²) in [6.07, 6.45) is -0.169. The van der Waals surface area contributed by atoms with Crippen LogP contribution in [0.25, 0.3) is 0 Å². The van der Waals surface area contributed by atoms with Gasteiger partial charge in [-0.25, -0.2) is 4.39 Å². The van der Waals surface area contributed by atoms with Crippen molar-refractivity contribution in [3.05, 3.63) is 29.6 Å². The van der Waals surface area contributed by atoms with E-state index in [1.807, 2.05) is 0 Å². The normalized spacial score (nSPS) is 12.2. The molecule has 0 radical (unpaired) electrons. The van der Waals surface area contributed by atoms with E-state index < -0.39 is 11.7 Å². The van der Waals surface area contributed by atoms with Gasteiger partial charge in [0.05, 0.1) is 6.10 Å². The number of methoxy groups -OCH3 is 1. The van der Waals surface area contributed by atoms with E-state index >= 15 is 0 Å². The number of phenols is 1. The van der Waals surface area contributed by atoms with Crippen molar-refractivity contribution in [1.82, 2.24) is 5.32 Å². The second-order valence-corrected chi connectivity index (χ2v) is 3.39. The molecule has 0 saturated carbocycles. The molecular formula is C11H14FNO3. The molecule has 0 aliphatic heterocycles. The Morgan fingerprint density at radius 1 is 1.62 bits per heavy atom. The molecule has 0 heterocycles. The van der Waals surface area contributed by atoms with E-state index in [1.54, 1.807) is 6.92 Å². The zero-order valence-corrected chi connectivity index (χ0v) is 9.16. The molecule has 0 saturated heterocycles. The summed E-state index contributed by atoms with van der Waals surface area (Å²) >= 11 is 0. The lowest BCUT2D eigenvalue weighted by atomic mass is 10.1. The highest BCUT2D eigenvalue weighted by atomic mass is 19.1. The standard InChI is InChI=1S/C11H14FNO3/c1-7(16-2)6-13-11(15)10-8(12)4-3-5-9(10)14/h3-5,7,14H,6H2,1-2H3,(H,13,15). The van der Waals surface area contributed by atoms with Crippen molar-refractivity contribution >= 4 is 5.91 Å². The smallest absolute Gasteiger partial charge is 0.258 e. The third-order valence-corrected chi connectivity index (χ3v) is 2.17. The van der Waals surface area contributed by atoms with Crippen LogP contribution in [-0.4, -0.2) is 30.8 Å². The third kappa shape index (κ3) is 2.93. The van der Waals surface area contributed by atoms with Gasteiger partial charge in [-0.1, -0.05) is 6.07 Å². The number of hydrogen-bond acceptors (Lipinski definition) is 3. The van der Waals surface area contributed by atoms with Crippen molar-refractivity contribution in [2.45, 2.75) is 13.0 Å². The number of carbonyl (C=O) groups excluding carboxylic acids is 1. The number of phenolic OH excluding ortho intramolecular Hbond substituents is 1. The number of aromatic hydroxyl groups is 1. The molecule has 0 aromatic heterocycles. The summed E-state index contributed by atoms with van der Waals surface area (Å²) in [5.74, 6) is -1.77. The number of hydrogen-bond donors (Lipinski definition) is 2. The molecule has 1 atom stereocenters. The van der Waals surface area contributed by atoms with Crippen LogP contribution in [-0.2, 0) is 4.74 Å². The summed E-state index contributed by atoms with van der Waals surface area (Å²) in [7, 11) is 1.51. The van der Waals surface area contributed by atoms with Crippen LogP contribution in [0.4, 0.5) is 4.39 Å². The highest BCUT2D eigenvalue weighted by Crippen LogP contribution is 2.19. The molecule has 88 valence electrons. The fraction of sp³-hybridized carbons (Fsp3) is 0.364. The third-order valence-electron chi connectivity index (χ3n) is 2.17. The van der Waals surface area contributed by atoms with Crippen molar-refractivity contribution in [3.63, 3.8) is 0 Å². The van der Waals surface area contributed by atoms with Gasteiger partial charge in [-0.05, 0) is 19.1 Å². The molecule has 1 aromatic carbocycles. The second kappa shape index (κ2) is 5.46. The topological polar surface area (TPSA) is 58.6 Å². The number of ether oxygens (including phenoxy) is 1. The number of benzene rings is 1. The van der Waals surface area contributed by atoms with Crippen molar-refractivity contribution in [2.75, 3.05) is 13.7 Å². The van der Waals surface area contributed by atoms with Crippen LogP contribution < -0.4 is 5.32 Å². The second-order valence-electron chi connectivity index (χ2n) is 3.39. The maximum Gasteiger partial charge on any atom is 0.258 e. The summed E-state index contributed by atoms with van der Waals surface area (Å²) in [4.78, 5) is 11.5. The molecule has 0 aliphatic rings. The first-order valence-electron chi connectivity index (χ1n) is 4.84. The Bertz CT molecular complexity index is 361. The Morgan fingerprint density at radius 3 is 2.88 bits per heavy atom. The molecule has 0 bridgehead atoms. The predicted octanol–water partition coefficient (Wildman–Crippen LogP) is 1.30. The molecule has 1 rings (SSSR count). The Kier molecular flexibility index (Phi) is 4.25. The fourth-order valence-corrected chi connectivity index (χ4v) is 1.15. The predicted molar refractivity (Wildman–Crippen MR) is 56.9 cm³/mol. The molecule has 2 N–H and O–H groups in total. The van der Waals surface area contributed by atoms with Gasteiger partial charge in [-0.15, -0.1) is 0 Å². The molecule has 1 aromatic rings. The minimum atomic E-state index is -0.748. The molecule has 1 unspecified atom stereocenters. The highest BCUT2D eigenvalue weighted by Gasteiger charge is 2.16.